The van der Waals surface area contributed by atoms with Gasteiger partial charge in [-0.3, -0.25) is 9.59 Å². The molecule has 0 aliphatic carbocycles. The van der Waals surface area contributed by atoms with E-state index in [1.807, 2.05) is 0 Å². The van der Waals surface area contributed by atoms with Crippen molar-refractivity contribution in [2.75, 3.05) is 7.11 Å². The first-order valence-corrected chi connectivity index (χ1v) is 6.82. The van der Waals surface area contributed by atoms with Gasteiger partial charge in [0.2, 0.25) is 11.7 Å². The first-order valence-electron chi connectivity index (χ1n) is 6.82. The number of benzene rings is 1. The molecular formula is C16H15N3O5. The Morgan fingerprint density at radius 1 is 1.21 bits per heavy atom. The highest BCUT2D eigenvalue weighted by Gasteiger charge is 2.27. The summed E-state index contributed by atoms with van der Waals surface area (Å²) >= 11 is 0. The van der Waals surface area contributed by atoms with Gasteiger partial charge in [-0.2, -0.15) is 0 Å². The molecule has 0 bridgehead atoms. The smallest absolute Gasteiger partial charge is 0.330 e. The van der Waals surface area contributed by atoms with E-state index in [4.69, 9.17) is 11.5 Å². The number of pyridine rings is 1. The summed E-state index contributed by atoms with van der Waals surface area (Å²) < 4.78 is 4.39. The summed E-state index contributed by atoms with van der Waals surface area (Å²) in [6.07, 6.45) is 1.32. The molecule has 0 aliphatic rings. The maximum absolute atomic E-state index is 12.0. The number of nitrogens with zero attached hydrogens (tertiary/aromatic N) is 1. The molecule has 1 amide bonds. The van der Waals surface area contributed by atoms with Crippen molar-refractivity contribution in [3.63, 3.8) is 0 Å². The number of methoxy groups -OCH3 is 1. The van der Waals surface area contributed by atoms with E-state index < -0.39 is 29.5 Å². The summed E-state index contributed by atoms with van der Waals surface area (Å²) in [6, 6.07) is 6.10. The number of carbonyl (C=O) groups is 3. The van der Waals surface area contributed by atoms with Crippen LogP contribution in [0.5, 0.6) is 5.75 Å². The third-order valence-electron chi connectivity index (χ3n) is 3.32. The predicted molar refractivity (Wildman–Crippen MR) is 84.2 cm³/mol. The summed E-state index contributed by atoms with van der Waals surface area (Å²) in [5.74, 6) is -2.83. The number of primary amides is 1. The van der Waals surface area contributed by atoms with Crippen molar-refractivity contribution in [3.05, 3.63) is 47.8 Å². The zero-order valence-electron chi connectivity index (χ0n) is 12.7. The molecule has 0 spiro atoms. The van der Waals surface area contributed by atoms with Gasteiger partial charge in [0.15, 0.2) is 6.04 Å². The van der Waals surface area contributed by atoms with Crippen molar-refractivity contribution in [2.45, 2.75) is 6.04 Å². The van der Waals surface area contributed by atoms with Gasteiger partial charge in [-0.05, 0) is 23.8 Å². The third kappa shape index (κ3) is 3.39. The molecular weight excluding hydrogens is 314 g/mol. The molecule has 0 saturated heterocycles. The van der Waals surface area contributed by atoms with E-state index in [1.54, 1.807) is 18.2 Å². The van der Waals surface area contributed by atoms with E-state index in [1.165, 1.54) is 18.3 Å². The molecule has 0 radical (unpaired) electrons. The molecule has 2 aromatic rings. The highest BCUT2D eigenvalue weighted by atomic mass is 16.5. The van der Waals surface area contributed by atoms with E-state index in [2.05, 4.69) is 9.72 Å². The first kappa shape index (κ1) is 17.1. The van der Waals surface area contributed by atoms with Crippen molar-refractivity contribution < 1.29 is 24.2 Å². The van der Waals surface area contributed by atoms with Gasteiger partial charge in [0.25, 0.3) is 0 Å². The van der Waals surface area contributed by atoms with Gasteiger partial charge >= 0.3 is 5.97 Å². The Morgan fingerprint density at radius 3 is 2.50 bits per heavy atom. The maximum atomic E-state index is 12.0. The fraction of sp³-hybridized carbons (Fsp3) is 0.125. The molecule has 0 aliphatic heterocycles. The number of hydrogen-bond acceptors (Lipinski definition) is 7. The normalized spacial score (nSPS) is 11.6. The molecule has 5 N–H and O–H groups in total. The van der Waals surface area contributed by atoms with Crippen molar-refractivity contribution in [2.24, 2.45) is 11.5 Å². The van der Waals surface area contributed by atoms with Crippen molar-refractivity contribution >= 4 is 17.7 Å². The summed E-state index contributed by atoms with van der Waals surface area (Å²) in [5, 5.41) is 10.0. The first-order chi connectivity index (χ1) is 11.3. The van der Waals surface area contributed by atoms with Gasteiger partial charge in [-0.15, -0.1) is 0 Å². The molecule has 1 atom stereocenters. The Balaban J connectivity index is 2.37. The number of esters is 1. The number of amides is 1. The average Bonchev–Trinajstić information content (AvgIpc) is 2.59. The molecule has 1 unspecified atom stereocenters. The van der Waals surface area contributed by atoms with Crippen molar-refractivity contribution in [1.82, 2.24) is 4.98 Å². The molecule has 1 heterocycles. The van der Waals surface area contributed by atoms with Gasteiger partial charge in [-0.1, -0.05) is 12.1 Å². The molecule has 0 fully saturated rings. The standard InChI is InChI=1S/C16H15N3O5/c1-24-16(23)12(17)14(21)13-11(20)6-10(7-19-13)8-3-2-4-9(5-8)15(18)22/h2-7,12,20H,17H2,1H3,(H2,18,22). The Morgan fingerprint density at radius 2 is 1.92 bits per heavy atom. The monoisotopic (exact) mass is 329 g/mol. The van der Waals surface area contributed by atoms with Gasteiger partial charge in [0.05, 0.1) is 7.11 Å². The number of hydrogen-bond donors (Lipinski definition) is 3. The highest BCUT2D eigenvalue weighted by molar-refractivity contribution is 6.12. The number of ketones is 1. The summed E-state index contributed by atoms with van der Waals surface area (Å²) in [7, 11) is 1.09. The van der Waals surface area contributed by atoms with E-state index in [0.717, 1.165) is 7.11 Å². The fourth-order valence-electron chi connectivity index (χ4n) is 2.03. The molecule has 1 aromatic heterocycles. The molecule has 8 nitrogen and oxygen atoms in total. The Kier molecular flexibility index (Phi) is 4.90. The van der Waals surface area contributed by atoms with Crippen molar-refractivity contribution in [1.29, 1.82) is 0 Å². The highest BCUT2D eigenvalue weighted by Crippen LogP contribution is 2.26. The number of carbonyl (C=O) groups excluding carboxylic acids is 3. The number of aromatic nitrogens is 1. The Bertz CT molecular complexity index is 819. The van der Waals surface area contributed by atoms with Crippen LogP contribution in [0.4, 0.5) is 0 Å². The second kappa shape index (κ2) is 6.88. The zero-order valence-corrected chi connectivity index (χ0v) is 12.7. The molecule has 24 heavy (non-hydrogen) atoms. The van der Waals surface area contributed by atoms with Crippen LogP contribution in [0.2, 0.25) is 0 Å². The van der Waals surface area contributed by atoms with Crippen LogP contribution in [0, 0.1) is 0 Å². The quantitative estimate of drug-likeness (QED) is 0.404. The predicted octanol–water partition coefficient (Wildman–Crippen LogP) is 0.236. The van der Waals surface area contributed by atoms with E-state index >= 15 is 0 Å². The number of Topliss-reactive ketones (excluding diaryl/α,β-unsaturated/α-hetero) is 1. The largest absolute Gasteiger partial charge is 0.506 e. The summed E-state index contributed by atoms with van der Waals surface area (Å²) in [6.45, 7) is 0. The molecule has 1 aromatic carbocycles. The fourth-order valence-corrected chi connectivity index (χ4v) is 2.03. The summed E-state index contributed by atoms with van der Waals surface area (Å²) in [4.78, 5) is 38.4. The Hall–Kier alpha value is -3.26. The topological polar surface area (TPSA) is 146 Å². The number of nitrogens with two attached hydrogens (primary N) is 2. The lowest BCUT2D eigenvalue weighted by Gasteiger charge is -2.10. The molecule has 2 rings (SSSR count). The molecule has 0 saturated carbocycles. The van der Waals surface area contributed by atoms with E-state index in [9.17, 15) is 19.5 Å². The van der Waals surface area contributed by atoms with Gasteiger partial charge in [0.1, 0.15) is 11.4 Å². The van der Waals surface area contributed by atoms with Crippen LogP contribution < -0.4 is 11.5 Å². The second-order valence-corrected chi connectivity index (χ2v) is 4.90. The van der Waals surface area contributed by atoms with Crippen LogP contribution in [0.25, 0.3) is 11.1 Å². The van der Waals surface area contributed by atoms with Crippen LogP contribution in [-0.4, -0.2) is 40.9 Å². The minimum absolute atomic E-state index is 0.292. The average molecular weight is 329 g/mol. The minimum Gasteiger partial charge on any atom is -0.506 e. The van der Waals surface area contributed by atoms with Crippen LogP contribution in [-0.2, 0) is 9.53 Å². The van der Waals surface area contributed by atoms with E-state index in [0.29, 0.717) is 16.7 Å². The van der Waals surface area contributed by atoms with Gasteiger partial charge < -0.3 is 21.3 Å². The van der Waals surface area contributed by atoms with Crippen LogP contribution >= 0.6 is 0 Å². The van der Waals surface area contributed by atoms with E-state index in [-0.39, 0.29) is 5.69 Å². The molecule has 124 valence electrons. The van der Waals surface area contributed by atoms with Crippen LogP contribution in [0.3, 0.4) is 0 Å². The van der Waals surface area contributed by atoms with Crippen LogP contribution in [0.1, 0.15) is 20.8 Å². The van der Waals surface area contributed by atoms with Crippen molar-refractivity contribution in [3.8, 4) is 16.9 Å². The van der Waals surface area contributed by atoms with Crippen LogP contribution in [0.15, 0.2) is 36.5 Å². The number of rotatable bonds is 5. The number of aromatic hydroxyl groups is 1. The lowest BCUT2D eigenvalue weighted by Crippen LogP contribution is -2.39. The second-order valence-electron chi connectivity index (χ2n) is 4.90. The Labute approximate surface area is 137 Å². The van der Waals surface area contributed by atoms with Gasteiger partial charge in [0, 0.05) is 17.3 Å². The minimum atomic E-state index is -1.57. The summed E-state index contributed by atoms with van der Waals surface area (Å²) in [5.41, 5.74) is 11.6. The molecule has 8 heteroatoms. The van der Waals surface area contributed by atoms with Gasteiger partial charge in [-0.25, -0.2) is 9.78 Å². The third-order valence-corrected chi connectivity index (χ3v) is 3.32. The zero-order chi connectivity index (χ0) is 17.9. The maximum Gasteiger partial charge on any atom is 0.330 e. The lowest BCUT2D eigenvalue weighted by atomic mass is 10.0. The lowest BCUT2D eigenvalue weighted by molar-refractivity contribution is -0.140. The SMILES string of the molecule is COC(=O)C(N)C(=O)c1ncc(-c2cccc(C(N)=O)c2)cc1O. The number of ether oxygens (including phenoxy) is 1.